The molecule has 1 aromatic heterocycles. The summed E-state index contributed by atoms with van der Waals surface area (Å²) in [6.45, 7) is 8.93. The molecule has 1 saturated heterocycles. The summed E-state index contributed by atoms with van der Waals surface area (Å²) in [4.78, 5) is 9.31. The largest absolute Gasteiger partial charge is 0.439 e. The summed E-state index contributed by atoms with van der Waals surface area (Å²) in [5.41, 5.74) is 1.90. The molecule has 3 rings (SSSR count). The van der Waals surface area contributed by atoms with Gasteiger partial charge in [0.1, 0.15) is 0 Å². The highest BCUT2D eigenvalue weighted by Crippen LogP contribution is 2.30. The van der Waals surface area contributed by atoms with Crippen molar-refractivity contribution in [1.29, 1.82) is 0 Å². The number of halogens is 1. The van der Waals surface area contributed by atoms with Crippen LogP contribution in [0, 0.1) is 6.92 Å². The number of β-amino-alcohol motifs (C(OH)–C–C–N with tert-alkyl or cyclic N) is 1. The lowest BCUT2D eigenvalue weighted by Crippen LogP contribution is -2.47. The molecule has 0 spiro atoms. The highest BCUT2D eigenvalue weighted by Gasteiger charge is 2.26. The van der Waals surface area contributed by atoms with E-state index in [0.29, 0.717) is 5.02 Å². The van der Waals surface area contributed by atoms with Crippen LogP contribution in [0.4, 0.5) is 0 Å². The van der Waals surface area contributed by atoms with E-state index in [0.717, 1.165) is 55.6 Å². The zero-order valence-corrected chi connectivity index (χ0v) is 15.0. The summed E-state index contributed by atoms with van der Waals surface area (Å²) in [6.07, 6.45) is 0. The third-order valence-corrected chi connectivity index (χ3v) is 4.90. The van der Waals surface area contributed by atoms with E-state index in [1.807, 2.05) is 31.2 Å². The Morgan fingerprint density at radius 3 is 2.50 bits per heavy atom. The second-order valence-corrected chi connectivity index (χ2v) is 6.69. The summed E-state index contributed by atoms with van der Waals surface area (Å²) in [6, 6.07) is 7.78. The van der Waals surface area contributed by atoms with Crippen LogP contribution in [0.1, 0.15) is 24.6 Å². The summed E-state index contributed by atoms with van der Waals surface area (Å²) >= 11 is 5.96. The van der Waals surface area contributed by atoms with E-state index in [1.54, 1.807) is 0 Å². The number of hydrogen-bond acceptors (Lipinski definition) is 5. The molecule has 5 nitrogen and oxygen atoms in total. The van der Waals surface area contributed by atoms with Crippen LogP contribution in [-0.2, 0) is 0 Å². The fraction of sp³-hybridized carbons (Fsp3) is 0.500. The first-order valence-electron chi connectivity index (χ1n) is 8.39. The van der Waals surface area contributed by atoms with Crippen LogP contribution >= 0.6 is 11.6 Å². The predicted molar refractivity (Wildman–Crippen MR) is 95.2 cm³/mol. The molecule has 2 aromatic rings. The summed E-state index contributed by atoms with van der Waals surface area (Å²) in [5, 5.41) is 9.75. The minimum atomic E-state index is 0.140. The molecule has 6 heteroatoms. The van der Waals surface area contributed by atoms with Crippen molar-refractivity contribution in [3.8, 4) is 11.3 Å². The van der Waals surface area contributed by atoms with Gasteiger partial charge in [0.15, 0.2) is 5.76 Å². The zero-order valence-electron chi connectivity index (χ0n) is 14.2. The number of rotatable bonds is 5. The van der Waals surface area contributed by atoms with Crippen molar-refractivity contribution < 1.29 is 9.52 Å². The van der Waals surface area contributed by atoms with E-state index < -0.39 is 0 Å². The summed E-state index contributed by atoms with van der Waals surface area (Å²) in [7, 11) is 0. The molecule has 130 valence electrons. The van der Waals surface area contributed by atoms with Gasteiger partial charge in [0.25, 0.3) is 0 Å². The lowest BCUT2D eigenvalue weighted by atomic mass is 10.1. The molecule has 1 N–H and O–H groups in total. The second kappa shape index (κ2) is 7.66. The van der Waals surface area contributed by atoms with Crippen LogP contribution in [0.3, 0.4) is 0 Å². The maximum Gasteiger partial charge on any atom is 0.212 e. The van der Waals surface area contributed by atoms with Crippen molar-refractivity contribution in [2.24, 2.45) is 0 Å². The van der Waals surface area contributed by atoms with Gasteiger partial charge in [0.05, 0.1) is 18.3 Å². The number of hydrogen-bond donors (Lipinski definition) is 1. The smallest absolute Gasteiger partial charge is 0.212 e. The average molecular weight is 350 g/mol. The Bertz CT molecular complexity index is 663. The molecule has 1 unspecified atom stereocenters. The number of aliphatic hydroxyl groups is 1. The number of aryl methyl sites for hydroxylation is 1. The third kappa shape index (κ3) is 3.81. The molecule has 24 heavy (non-hydrogen) atoms. The third-order valence-electron chi connectivity index (χ3n) is 4.65. The van der Waals surface area contributed by atoms with Crippen molar-refractivity contribution in [3.05, 3.63) is 40.9 Å². The van der Waals surface area contributed by atoms with E-state index in [2.05, 4.69) is 21.7 Å². The number of nitrogens with zero attached hydrogens (tertiary/aromatic N) is 3. The summed E-state index contributed by atoms with van der Waals surface area (Å²) < 4.78 is 6.08. The fourth-order valence-corrected chi connectivity index (χ4v) is 3.26. The van der Waals surface area contributed by atoms with E-state index in [1.165, 1.54) is 0 Å². The molecule has 1 atom stereocenters. The number of aromatic nitrogens is 1. The molecular weight excluding hydrogens is 326 g/mol. The molecule has 1 aliphatic rings. The van der Waals surface area contributed by atoms with Gasteiger partial charge in [-0.2, -0.15) is 0 Å². The van der Waals surface area contributed by atoms with Crippen molar-refractivity contribution in [1.82, 2.24) is 14.8 Å². The van der Waals surface area contributed by atoms with Gasteiger partial charge >= 0.3 is 0 Å². The maximum atomic E-state index is 9.04. The van der Waals surface area contributed by atoms with E-state index in [4.69, 9.17) is 21.1 Å². The molecule has 0 aliphatic carbocycles. The van der Waals surface area contributed by atoms with Gasteiger partial charge in [-0.25, -0.2) is 4.98 Å². The van der Waals surface area contributed by atoms with E-state index in [9.17, 15) is 0 Å². The quantitative estimate of drug-likeness (QED) is 0.899. The zero-order chi connectivity index (χ0) is 17.1. The predicted octanol–water partition coefficient (Wildman–Crippen LogP) is 2.97. The monoisotopic (exact) mass is 349 g/mol. The fourth-order valence-electron chi connectivity index (χ4n) is 3.14. The number of oxazole rings is 1. The Labute approximate surface area is 147 Å². The Hall–Kier alpha value is -1.40. The van der Waals surface area contributed by atoms with E-state index in [-0.39, 0.29) is 12.6 Å². The van der Waals surface area contributed by atoms with Crippen LogP contribution in [0.2, 0.25) is 5.02 Å². The first kappa shape index (κ1) is 17.4. The highest BCUT2D eigenvalue weighted by molar-refractivity contribution is 6.30. The molecule has 1 fully saturated rings. The normalized spacial score (nSPS) is 18.0. The number of benzene rings is 1. The molecular formula is C18H24ClN3O2. The molecule has 1 aromatic carbocycles. The first-order valence-corrected chi connectivity index (χ1v) is 8.77. The van der Waals surface area contributed by atoms with Crippen LogP contribution < -0.4 is 0 Å². The van der Waals surface area contributed by atoms with Crippen molar-refractivity contribution in [2.75, 3.05) is 39.3 Å². The Kier molecular flexibility index (Phi) is 5.56. The molecule has 0 saturated carbocycles. The van der Waals surface area contributed by atoms with Gasteiger partial charge in [0.2, 0.25) is 5.89 Å². The standard InChI is InChI=1S/C18H24ClN3O2/c1-13-17(15-3-5-16(19)6-4-15)24-18(20-13)14(2)22-9-7-21(8-10-22)11-12-23/h3-6,14,23H,7-12H2,1-2H3. The van der Waals surface area contributed by atoms with Gasteiger partial charge < -0.3 is 9.52 Å². The van der Waals surface area contributed by atoms with Crippen LogP contribution in [0.25, 0.3) is 11.3 Å². The van der Waals surface area contributed by atoms with Crippen molar-refractivity contribution in [2.45, 2.75) is 19.9 Å². The second-order valence-electron chi connectivity index (χ2n) is 6.25. The molecule has 0 radical (unpaired) electrons. The Morgan fingerprint density at radius 1 is 1.21 bits per heavy atom. The van der Waals surface area contributed by atoms with Gasteiger partial charge in [0, 0.05) is 43.3 Å². The van der Waals surface area contributed by atoms with Gasteiger partial charge in [-0.15, -0.1) is 0 Å². The topological polar surface area (TPSA) is 52.7 Å². The van der Waals surface area contributed by atoms with Crippen molar-refractivity contribution in [3.63, 3.8) is 0 Å². The molecule has 0 amide bonds. The molecule has 0 bridgehead atoms. The lowest BCUT2D eigenvalue weighted by Gasteiger charge is -2.36. The Balaban J connectivity index is 1.71. The van der Waals surface area contributed by atoms with Gasteiger partial charge in [-0.05, 0) is 38.1 Å². The number of piperazine rings is 1. The lowest BCUT2D eigenvalue weighted by molar-refractivity contribution is 0.0802. The minimum Gasteiger partial charge on any atom is -0.439 e. The molecule has 2 heterocycles. The van der Waals surface area contributed by atoms with Crippen molar-refractivity contribution >= 4 is 11.6 Å². The average Bonchev–Trinajstić information content (AvgIpc) is 2.98. The van der Waals surface area contributed by atoms with Gasteiger partial charge in [-0.3, -0.25) is 9.80 Å². The first-order chi connectivity index (χ1) is 11.6. The number of aliphatic hydroxyl groups excluding tert-OH is 1. The SMILES string of the molecule is Cc1nc(C(C)N2CCN(CCO)CC2)oc1-c1ccc(Cl)cc1. The van der Waals surface area contributed by atoms with Crippen LogP contribution in [-0.4, -0.2) is 59.2 Å². The van der Waals surface area contributed by atoms with Crippen LogP contribution in [0.5, 0.6) is 0 Å². The molecule has 1 aliphatic heterocycles. The van der Waals surface area contributed by atoms with Gasteiger partial charge in [-0.1, -0.05) is 11.6 Å². The minimum absolute atomic E-state index is 0.140. The highest BCUT2D eigenvalue weighted by atomic mass is 35.5. The van der Waals surface area contributed by atoms with E-state index >= 15 is 0 Å². The maximum absolute atomic E-state index is 9.04. The van der Waals surface area contributed by atoms with Crippen LogP contribution in [0.15, 0.2) is 28.7 Å². The Morgan fingerprint density at radius 2 is 1.88 bits per heavy atom. The summed E-state index contributed by atoms with van der Waals surface area (Å²) in [5.74, 6) is 1.57.